The van der Waals surface area contributed by atoms with Gasteiger partial charge in [0, 0.05) is 56.0 Å². The molecule has 2 aromatic carbocycles. The number of pyridine rings is 2. The van der Waals surface area contributed by atoms with Crippen LogP contribution in [0.3, 0.4) is 0 Å². The first kappa shape index (κ1) is 58.8. The highest BCUT2D eigenvalue weighted by Gasteiger charge is 2.31. The molecule has 1 unspecified atom stereocenters. The molecule has 0 saturated heterocycles. The summed E-state index contributed by atoms with van der Waals surface area (Å²) < 4.78 is 25.7. The highest BCUT2D eigenvalue weighted by atomic mass is 19.1. The van der Waals surface area contributed by atoms with Crippen molar-refractivity contribution < 1.29 is 48.0 Å². The molecule has 0 saturated carbocycles. The van der Waals surface area contributed by atoms with Crippen LogP contribution in [0.4, 0.5) is 9.18 Å². The van der Waals surface area contributed by atoms with Gasteiger partial charge in [0.2, 0.25) is 17.7 Å². The average Bonchev–Trinajstić information content (AvgIpc) is 3.66. The number of halogens is 1. The van der Waals surface area contributed by atoms with Crippen molar-refractivity contribution in [3.8, 4) is 17.1 Å². The largest absolute Gasteiger partial charge is 0.507 e. The van der Waals surface area contributed by atoms with Gasteiger partial charge >= 0.3 is 12.0 Å². The third-order valence-corrected chi connectivity index (χ3v) is 10.5. The maximum absolute atomic E-state index is 14.5. The van der Waals surface area contributed by atoms with Crippen molar-refractivity contribution in [2.75, 3.05) is 26.8 Å². The number of nitrogens with two attached hydrogens (primary N) is 2. The lowest BCUT2D eigenvalue weighted by atomic mass is 9.85. The molecular formula is C50H73FN6O10. The fraction of sp³-hybridized carbons (Fsp3) is 0.500. The Labute approximate surface area is 394 Å². The van der Waals surface area contributed by atoms with Crippen LogP contribution >= 0.6 is 0 Å². The van der Waals surface area contributed by atoms with E-state index in [0.717, 1.165) is 53.3 Å². The zero-order chi connectivity index (χ0) is 51.2. The van der Waals surface area contributed by atoms with Crippen molar-refractivity contribution in [2.24, 2.45) is 17.4 Å². The molecule has 7 N–H and O–H groups in total. The molecule has 2 aromatic heterocycles. The topological polar surface area (TPSA) is 246 Å². The monoisotopic (exact) mass is 937 g/mol. The third-order valence-electron chi connectivity index (χ3n) is 10.5. The van der Waals surface area contributed by atoms with Gasteiger partial charge in [-0.1, -0.05) is 78.8 Å². The van der Waals surface area contributed by atoms with Crippen LogP contribution in [0, 0.1) is 18.7 Å². The predicted octanol–water partition coefficient (Wildman–Crippen LogP) is 6.77. The first-order chi connectivity index (χ1) is 31.6. The van der Waals surface area contributed by atoms with Crippen LogP contribution in [0.2, 0.25) is 0 Å². The Bertz CT molecular complexity index is 2340. The van der Waals surface area contributed by atoms with E-state index in [1.807, 2.05) is 65.0 Å². The van der Waals surface area contributed by atoms with Crippen LogP contribution in [-0.2, 0) is 61.1 Å². The van der Waals surface area contributed by atoms with Crippen LogP contribution in [0.5, 0.6) is 5.75 Å². The number of esters is 1. The van der Waals surface area contributed by atoms with Crippen molar-refractivity contribution in [2.45, 2.75) is 133 Å². The third kappa shape index (κ3) is 17.8. The number of methoxy groups -OCH3 is 1. The van der Waals surface area contributed by atoms with Crippen molar-refractivity contribution >= 4 is 40.6 Å². The lowest BCUT2D eigenvalue weighted by molar-refractivity contribution is -0.142. The van der Waals surface area contributed by atoms with Crippen molar-refractivity contribution in [1.29, 1.82) is 0 Å². The van der Waals surface area contributed by atoms with Crippen molar-refractivity contribution in [3.63, 3.8) is 0 Å². The summed E-state index contributed by atoms with van der Waals surface area (Å²) in [5.74, 6) is -2.23. The quantitative estimate of drug-likeness (QED) is 0.0818. The number of nitrogens with one attached hydrogen (secondary N) is 1. The smallest absolute Gasteiger partial charge is 0.318 e. The summed E-state index contributed by atoms with van der Waals surface area (Å²) in [6.45, 7) is 20.9. The zero-order valence-electron chi connectivity index (χ0n) is 41.4. The molecule has 0 bridgehead atoms. The normalized spacial score (nSPS) is 11.9. The summed E-state index contributed by atoms with van der Waals surface area (Å²) in [5, 5.41) is 22.3. The van der Waals surface area contributed by atoms with Crippen LogP contribution in [0.15, 0.2) is 47.3 Å². The number of aromatic nitrogens is 2. The van der Waals surface area contributed by atoms with E-state index in [4.69, 9.17) is 31.0 Å². The molecule has 370 valence electrons. The van der Waals surface area contributed by atoms with Gasteiger partial charge < -0.3 is 40.6 Å². The Morgan fingerprint density at radius 2 is 1.60 bits per heavy atom. The minimum atomic E-state index is -0.806. The Kier molecular flexibility index (Phi) is 25.2. The molecule has 0 radical (unpaired) electrons. The number of benzene rings is 2. The maximum atomic E-state index is 14.5. The van der Waals surface area contributed by atoms with Crippen LogP contribution in [0.25, 0.3) is 22.3 Å². The van der Waals surface area contributed by atoms with E-state index < -0.39 is 29.1 Å². The number of amides is 5. The molecule has 6 rings (SSSR count). The number of hydrogen-bond donors (Lipinski definition) is 5. The summed E-state index contributed by atoms with van der Waals surface area (Å²) in [6, 6.07) is 11.7. The molecule has 2 aliphatic rings. The minimum Gasteiger partial charge on any atom is -0.507 e. The summed E-state index contributed by atoms with van der Waals surface area (Å²) in [5.41, 5.74) is 15.5. The SMILES string of the molecule is CC.CC.CC(=O)OCc1c(O)cc2n(c1=O)Cc1c-2nc2cc(F)c(C)c3c2c1CCC3.CC(Cc1ccccc1)C(=O)NC(N)=O.CCC(=O)N(CCOC)CC(N)=O.CCC(C)(C)O. The number of aliphatic hydroxyl groups is 1. The molecular weight excluding hydrogens is 864 g/mol. The fourth-order valence-corrected chi connectivity index (χ4v) is 6.81. The van der Waals surface area contributed by atoms with Crippen LogP contribution < -0.4 is 22.3 Å². The van der Waals surface area contributed by atoms with Crippen molar-refractivity contribution in [1.82, 2.24) is 19.8 Å². The highest BCUT2D eigenvalue weighted by molar-refractivity contribution is 5.95. The van der Waals surface area contributed by atoms with Crippen LogP contribution in [-0.4, -0.2) is 86.8 Å². The predicted molar refractivity (Wildman–Crippen MR) is 259 cm³/mol. The fourth-order valence-electron chi connectivity index (χ4n) is 6.81. The molecule has 0 spiro atoms. The van der Waals surface area contributed by atoms with Gasteiger partial charge in [-0.25, -0.2) is 14.2 Å². The lowest BCUT2D eigenvalue weighted by Crippen LogP contribution is -2.39. The van der Waals surface area contributed by atoms with Gasteiger partial charge in [0.05, 0.1) is 47.8 Å². The number of aromatic hydroxyl groups is 1. The number of fused-ring (bicyclic) bond motifs is 4. The molecule has 0 fully saturated rings. The van der Waals surface area contributed by atoms with Gasteiger partial charge in [0.1, 0.15) is 18.2 Å². The number of primary amides is 2. The Morgan fingerprint density at radius 3 is 2.12 bits per heavy atom. The van der Waals surface area contributed by atoms with Gasteiger partial charge in [-0.2, -0.15) is 0 Å². The summed E-state index contributed by atoms with van der Waals surface area (Å²) in [6.07, 6.45) is 4.36. The van der Waals surface area contributed by atoms with E-state index in [1.54, 1.807) is 46.3 Å². The Balaban J connectivity index is 0.000000500. The van der Waals surface area contributed by atoms with E-state index in [9.17, 15) is 38.3 Å². The number of nitrogens with zero attached hydrogens (tertiary/aromatic N) is 3. The number of carbonyl (C=O) groups excluding carboxylic acids is 5. The summed E-state index contributed by atoms with van der Waals surface area (Å²) in [4.78, 5) is 73.8. The molecule has 5 amide bonds. The zero-order valence-corrected chi connectivity index (χ0v) is 41.4. The Hall–Kier alpha value is -6.20. The second-order valence-corrected chi connectivity index (χ2v) is 15.9. The minimum absolute atomic E-state index is 0.0317. The summed E-state index contributed by atoms with van der Waals surface area (Å²) in [7, 11) is 1.54. The van der Waals surface area contributed by atoms with E-state index in [1.165, 1.54) is 24.0 Å². The van der Waals surface area contributed by atoms with Gasteiger partial charge in [-0.05, 0) is 75.1 Å². The first-order valence-electron chi connectivity index (χ1n) is 22.8. The van der Waals surface area contributed by atoms with Gasteiger partial charge in [-0.15, -0.1) is 0 Å². The van der Waals surface area contributed by atoms with Crippen LogP contribution in [0.1, 0.15) is 122 Å². The first-order valence-corrected chi connectivity index (χ1v) is 22.8. The highest BCUT2D eigenvalue weighted by Crippen LogP contribution is 2.41. The van der Waals surface area contributed by atoms with Gasteiger partial charge in [0.25, 0.3) is 5.56 Å². The molecule has 1 aliphatic heterocycles. The second-order valence-electron chi connectivity index (χ2n) is 15.9. The number of imide groups is 1. The molecule has 67 heavy (non-hydrogen) atoms. The number of aryl methyl sites for hydroxylation is 2. The molecule has 16 nitrogen and oxygen atoms in total. The van der Waals surface area contributed by atoms with E-state index in [0.29, 0.717) is 55.0 Å². The summed E-state index contributed by atoms with van der Waals surface area (Å²) >= 11 is 0. The standard InChI is InChI=1S/C22H19FN2O4.C11H14N2O2.C8H16N2O3.C5H12O.2C2H6/c1-10-12-4-3-5-13-14-8-25-18(21(14)24-17(20(12)13)6-16(10)23)7-19(27)15(22(25)28)9-29-11(2)26;1-8(10(14)13-11(12)15)7-9-5-3-2-4-6-9;1-3-8(12)10(4-5-13-2)6-7(9)11;1-4-5(2,3)6;2*1-2/h6-7,27H,3-5,8-9H2,1-2H3;2-6,8H,7H2,1H3,(H3,12,13,14,15);3-6H2,1-2H3,(H2,9,11);6H,4H2,1-3H3;2*1-2H3. The number of ether oxygens (including phenoxy) is 2. The van der Waals surface area contributed by atoms with E-state index in [-0.39, 0.29) is 48.0 Å². The lowest BCUT2D eigenvalue weighted by Gasteiger charge is -2.21. The van der Waals surface area contributed by atoms with Gasteiger partial charge in [-0.3, -0.25) is 29.3 Å². The number of carbonyl (C=O) groups is 5. The number of hydrogen-bond acceptors (Lipinski definition) is 11. The van der Waals surface area contributed by atoms with E-state index in [2.05, 4.69) is 5.32 Å². The second kappa shape index (κ2) is 28.8. The van der Waals surface area contributed by atoms with Crippen molar-refractivity contribution in [3.05, 3.63) is 92.0 Å². The van der Waals surface area contributed by atoms with E-state index >= 15 is 0 Å². The average molecular weight is 937 g/mol. The maximum Gasteiger partial charge on any atom is 0.318 e. The number of urea groups is 1. The Morgan fingerprint density at radius 1 is 1.00 bits per heavy atom. The molecule has 1 aliphatic carbocycles. The molecule has 4 aromatic rings. The molecule has 3 heterocycles. The van der Waals surface area contributed by atoms with Gasteiger partial charge in [0.15, 0.2) is 0 Å². The molecule has 17 heteroatoms. The number of rotatable bonds is 12. The molecule has 1 atom stereocenters.